The number of hydrogen-bond donors (Lipinski definition) is 1. The summed E-state index contributed by atoms with van der Waals surface area (Å²) < 4.78 is 130. The molecule has 2 unspecified atom stereocenters. The molecule has 0 saturated carbocycles. The molecule has 0 spiro atoms. The summed E-state index contributed by atoms with van der Waals surface area (Å²) >= 11 is 3.67. The van der Waals surface area contributed by atoms with Crippen LogP contribution in [-0.2, 0) is 97.3 Å². The molecular weight excluding hydrogens is 1560 g/mol. The summed E-state index contributed by atoms with van der Waals surface area (Å²) in [5.41, 5.74) is 1.67. The summed E-state index contributed by atoms with van der Waals surface area (Å²) in [6.45, 7) is 20.3. The minimum absolute atomic E-state index is 0.0553. The van der Waals surface area contributed by atoms with Crippen molar-refractivity contribution in [1.82, 2.24) is 0 Å². The molecule has 6 aromatic carbocycles. The molecule has 18 nitrogen and oxygen atoms in total. The van der Waals surface area contributed by atoms with E-state index in [4.69, 9.17) is 75.8 Å². The maximum atomic E-state index is 18.3. The molecule has 14 rings (SSSR count). The van der Waals surface area contributed by atoms with Crippen molar-refractivity contribution in [3.8, 4) is 11.5 Å². The molecule has 8 heterocycles. The number of fused-ring (bicyclic) bond motifs is 6. The minimum atomic E-state index is -4.02. The van der Waals surface area contributed by atoms with Gasteiger partial charge < -0.3 is 85.5 Å². The molecule has 8 aliphatic rings. The Hall–Kier alpha value is -5.01. The second-order valence-corrected chi connectivity index (χ2v) is 41.9. The van der Waals surface area contributed by atoms with Crippen molar-refractivity contribution in [2.45, 2.75) is 321 Å². The lowest BCUT2D eigenvalue weighted by atomic mass is 9.77. The van der Waals surface area contributed by atoms with Crippen LogP contribution < -0.4 is 20.1 Å². The standard InChI is InChI=1S/C98H133O18PS2/c1-12-118-98(119-13-2)51-28-41-89-97(8,61-87-81(111-89)57-86-93(113-87)85(107-64-69-32-20-15-21-33-69)56-74(108-86)34-29-52-104-62-68-30-18-14-19-31-68)116-94(98)91(99)88(117(100,75-35-22-16-23-36-75)76-37-24-17-25-38-76)58-82-78(114-95(5,6)103-11)39-26-27-40-79-92(112-82)67(4)55-84-83(109-79)59-90-96(7,115-84)60-66(3)54-80(106-65-71-44-48-73(102-10)49-45-71)77(110-90)50-53-105-63-70-42-46-72(101-9)47-43-70/h14-27,30-33,35-38,42-49,66-67,74,77-94,99H,12-13,28-29,34,39-41,50-65H2,1-11H3/b27-26-/t66-,67+,74-,77-,78-,79+,80+,81+,82+,83-,84+,85+,86-,87-,88?,89-,90+,91?,92-,93+,94-,96-,97+/m1/s1. The van der Waals surface area contributed by atoms with Gasteiger partial charge in [-0.2, -0.15) is 0 Å². The Morgan fingerprint density at radius 2 is 1.11 bits per heavy atom. The largest absolute Gasteiger partial charge is 0.497 e. The lowest BCUT2D eigenvalue weighted by Gasteiger charge is -2.57. The number of aliphatic hydroxyl groups excluding tert-OH is 1. The fourth-order valence-corrected chi connectivity index (χ4v) is 26.9. The molecular formula is C98H133O18PS2. The summed E-state index contributed by atoms with van der Waals surface area (Å²) in [5.74, 6) is 2.09. The van der Waals surface area contributed by atoms with Crippen LogP contribution >= 0.6 is 30.7 Å². The first kappa shape index (κ1) is 90.2. The Morgan fingerprint density at radius 1 is 0.529 bits per heavy atom. The van der Waals surface area contributed by atoms with Gasteiger partial charge >= 0.3 is 0 Å². The number of aliphatic hydroxyl groups is 1. The molecule has 0 amide bonds. The molecule has 0 aliphatic carbocycles. The first-order valence-corrected chi connectivity index (χ1v) is 48.0. The van der Waals surface area contributed by atoms with Crippen molar-refractivity contribution < 1.29 is 85.5 Å². The molecule has 0 bridgehead atoms. The van der Waals surface area contributed by atoms with Crippen LogP contribution in [-0.4, -0.2) is 188 Å². The van der Waals surface area contributed by atoms with Crippen LogP contribution in [0.1, 0.15) is 180 Å². The Labute approximate surface area is 717 Å². The van der Waals surface area contributed by atoms with Gasteiger partial charge in [-0.05, 0) is 175 Å². The van der Waals surface area contributed by atoms with Crippen molar-refractivity contribution in [2.75, 3.05) is 46.0 Å². The van der Waals surface area contributed by atoms with Crippen molar-refractivity contribution in [1.29, 1.82) is 0 Å². The highest BCUT2D eigenvalue weighted by atomic mass is 32.2. The normalized spacial score (nSPS) is 33.1. The molecule has 7 fully saturated rings. The van der Waals surface area contributed by atoms with Crippen LogP contribution in [0.4, 0.5) is 0 Å². The summed E-state index contributed by atoms with van der Waals surface area (Å²) in [7, 11) is 1.01. The molecule has 119 heavy (non-hydrogen) atoms. The smallest absolute Gasteiger partial charge is 0.162 e. The van der Waals surface area contributed by atoms with Gasteiger partial charge in [-0.25, -0.2) is 0 Å². The van der Waals surface area contributed by atoms with Gasteiger partial charge in [-0.15, -0.1) is 23.5 Å². The van der Waals surface area contributed by atoms with E-state index < -0.39 is 70.5 Å². The lowest BCUT2D eigenvalue weighted by Crippen LogP contribution is -2.67. The molecule has 1 N–H and O–H groups in total. The zero-order valence-corrected chi connectivity index (χ0v) is 74.6. The Bertz CT molecular complexity index is 4070. The fraction of sp³-hybridized carbons (Fsp3) is 0.612. The van der Waals surface area contributed by atoms with E-state index in [0.29, 0.717) is 108 Å². The number of ether oxygens (including phenoxy) is 16. The van der Waals surface area contributed by atoms with E-state index in [9.17, 15) is 5.11 Å². The second-order valence-electron chi connectivity index (χ2n) is 35.4. The first-order chi connectivity index (χ1) is 57.7. The van der Waals surface area contributed by atoms with Crippen LogP contribution in [0.2, 0.25) is 0 Å². The van der Waals surface area contributed by atoms with E-state index in [1.807, 2.05) is 159 Å². The van der Waals surface area contributed by atoms with Crippen molar-refractivity contribution >= 4 is 41.3 Å². The number of benzene rings is 6. The maximum Gasteiger partial charge on any atom is 0.162 e. The topological polar surface area (TPSA) is 185 Å². The van der Waals surface area contributed by atoms with E-state index in [1.165, 1.54) is 0 Å². The Morgan fingerprint density at radius 3 is 1.74 bits per heavy atom. The van der Waals surface area contributed by atoms with E-state index >= 15 is 4.57 Å². The van der Waals surface area contributed by atoms with Gasteiger partial charge in [0.05, 0.1) is 159 Å². The summed E-state index contributed by atoms with van der Waals surface area (Å²) in [6, 6.07) is 56.5. The quantitative estimate of drug-likeness (QED) is 0.0177. The predicted octanol–water partition coefficient (Wildman–Crippen LogP) is 18.3. The highest BCUT2D eigenvalue weighted by Crippen LogP contribution is 2.59. The number of methoxy groups -OCH3 is 3. The van der Waals surface area contributed by atoms with Crippen LogP contribution in [0.15, 0.2) is 182 Å². The van der Waals surface area contributed by atoms with E-state index in [0.717, 1.165) is 83.8 Å². The first-order valence-electron chi connectivity index (χ1n) is 44.3. The van der Waals surface area contributed by atoms with Crippen molar-refractivity contribution in [3.63, 3.8) is 0 Å². The van der Waals surface area contributed by atoms with Crippen LogP contribution in [0.3, 0.4) is 0 Å². The monoisotopic (exact) mass is 1690 g/mol. The average Bonchev–Trinajstić information content (AvgIpc) is 0.751. The highest BCUT2D eigenvalue weighted by molar-refractivity contribution is 8.18. The average molecular weight is 1690 g/mol. The van der Waals surface area contributed by atoms with Gasteiger partial charge in [0.15, 0.2) is 5.79 Å². The third-order valence-corrected chi connectivity index (χ3v) is 33.1. The van der Waals surface area contributed by atoms with Crippen LogP contribution in [0, 0.1) is 11.8 Å². The molecule has 6 aromatic rings. The highest BCUT2D eigenvalue weighted by Gasteiger charge is 2.61. The van der Waals surface area contributed by atoms with Gasteiger partial charge in [0, 0.05) is 56.6 Å². The van der Waals surface area contributed by atoms with Crippen molar-refractivity contribution in [3.05, 3.63) is 204 Å². The van der Waals surface area contributed by atoms with Crippen molar-refractivity contribution in [2.24, 2.45) is 11.8 Å². The summed E-state index contributed by atoms with van der Waals surface area (Å²) in [6.07, 6.45) is 6.27. The number of thioether (sulfide) groups is 2. The molecule has 21 heteroatoms. The van der Waals surface area contributed by atoms with Gasteiger partial charge in [-0.3, -0.25) is 0 Å². The molecule has 0 aromatic heterocycles. The molecule has 8 aliphatic heterocycles. The molecule has 7 saturated heterocycles. The minimum Gasteiger partial charge on any atom is -0.497 e. The van der Waals surface area contributed by atoms with Crippen LogP contribution in [0.25, 0.3) is 0 Å². The van der Waals surface area contributed by atoms with Gasteiger partial charge in [0.2, 0.25) is 0 Å². The van der Waals surface area contributed by atoms with Gasteiger partial charge in [0.25, 0.3) is 0 Å². The fourth-order valence-electron chi connectivity index (χ4n) is 20.2. The SMILES string of the molecule is CCSC1(SCC)CCC[C@H]2O[C@H]3C[C@H]4O[C@H](CCCOCc5ccccc5)C[C@H](OCc5ccccc5)[C@@H]4O[C@@H]3C[C@]2(C)O[C@@H]1C(O)C(C[C@@H]1O[C@H]2[C@H](C/C=C\C[C@H]1OC(C)(C)OC)O[C@@H]1C[C@@H]3O[C@H](CCOCc4ccc(OC)cc4)[C@@H](OCc4ccc(OC)cc4)C[C@@H](C)C[C@@]3(C)O[C@H]1C[C@@H]2C)P(=O)(c1ccccc1)c1ccccc1. The predicted molar refractivity (Wildman–Crippen MR) is 470 cm³/mol. The third kappa shape index (κ3) is 22.3. The number of rotatable bonds is 33. The Balaban J connectivity index is 0.775. The lowest BCUT2D eigenvalue weighted by molar-refractivity contribution is -0.320. The summed E-state index contributed by atoms with van der Waals surface area (Å²) in [4.78, 5) is 0. The van der Waals surface area contributed by atoms with Gasteiger partial charge in [0.1, 0.15) is 30.8 Å². The van der Waals surface area contributed by atoms with E-state index in [-0.39, 0.29) is 91.5 Å². The molecule has 0 radical (unpaired) electrons. The number of hydrogen-bond acceptors (Lipinski definition) is 20. The summed E-state index contributed by atoms with van der Waals surface area (Å²) in [5, 5.41) is 16.3. The second kappa shape index (κ2) is 41.9. The molecule has 23 atom stereocenters. The molecule has 650 valence electrons. The maximum absolute atomic E-state index is 18.3. The van der Waals surface area contributed by atoms with E-state index in [1.54, 1.807) is 21.3 Å². The van der Waals surface area contributed by atoms with E-state index in [2.05, 4.69) is 102 Å². The zero-order valence-electron chi connectivity index (χ0n) is 72.1. The van der Waals surface area contributed by atoms with Crippen LogP contribution in [0.5, 0.6) is 11.5 Å². The Kier molecular flexibility index (Phi) is 31.7. The zero-order chi connectivity index (χ0) is 83.2. The van der Waals surface area contributed by atoms with Gasteiger partial charge in [-0.1, -0.05) is 185 Å². The third-order valence-electron chi connectivity index (χ3n) is 26.4.